The summed E-state index contributed by atoms with van der Waals surface area (Å²) in [5, 5.41) is 0. The molecule has 2 aromatic rings. The van der Waals surface area contributed by atoms with Gasteiger partial charge in [-0.25, -0.2) is 0 Å². The van der Waals surface area contributed by atoms with E-state index < -0.39 is 0 Å². The Morgan fingerprint density at radius 3 is 2.52 bits per heavy atom. The van der Waals surface area contributed by atoms with Gasteiger partial charge in [-0.05, 0) is 35.7 Å². The zero-order valence-corrected chi connectivity index (χ0v) is 13.2. The fraction of sp³-hybridized carbons (Fsp3) is 0.333. The van der Waals surface area contributed by atoms with Crippen molar-refractivity contribution in [2.75, 3.05) is 20.7 Å². The molecule has 1 unspecified atom stereocenters. The Kier molecular flexibility index (Phi) is 3.56. The van der Waals surface area contributed by atoms with Crippen molar-refractivity contribution in [2.24, 2.45) is 0 Å². The van der Waals surface area contributed by atoms with E-state index in [9.17, 15) is 0 Å². The van der Waals surface area contributed by atoms with Crippen LogP contribution in [0.5, 0.6) is 0 Å². The molecule has 4 rings (SSSR count). The fourth-order valence-electron chi connectivity index (χ4n) is 3.90. The molecule has 0 saturated heterocycles. The lowest BCUT2D eigenvalue weighted by molar-refractivity contribution is -0.139. The van der Waals surface area contributed by atoms with E-state index in [0.29, 0.717) is 0 Å². The van der Waals surface area contributed by atoms with Crippen molar-refractivity contribution in [3.63, 3.8) is 0 Å². The van der Waals surface area contributed by atoms with Crippen molar-refractivity contribution in [2.45, 2.75) is 18.6 Å². The van der Waals surface area contributed by atoms with Gasteiger partial charge in [0.1, 0.15) is 0 Å². The van der Waals surface area contributed by atoms with Crippen LogP contribution in [0.3, 0.4) is 0 Å². The molecule has 2 aliphatic rings. The number of nitrogens with zero attached hydrogens (tertiary/aromatic N) is 1. The van der Waals surface area contributed by atoms with Gasteiger partial charge in [-0.2, -0.15) is 0 Å². The number of methoxy groups -OCH3 is 1. The second-order valence-corrected chi connectivity index (χ2v) is 5.83. The summed E-state index contributed by atoms with van der Waals surface area (Å²) in [6.07, 6.45) is 2.03. The quantitative estimate of drug-likeness (QED) is 0.798. The molecule has 2 nitrogen and oxygen atoms in total. The average Bonchev–Trinajstić information content (AvgIpc) is 2.51. The minimum atomic E-state index is -0.293. The van der Waals surface area contributed by atoms with Crippen LogP contribution in [0.15, 0.2) is 42.5 Å². The molecule has 0 fully saturated rings. The molecule has 0 radical (unpaired) electrons. The van der Waals surface area contributed by atoms with Gasteiger partial charge in [-0.3, -0.25) is 4.90 Å². The lowest BCUT2D eigenvalue weighted by Crippen LogP contribution is -2.52. The normalized spacial score (nSPS) is 23.0. The Morgan fingerprint density at radius 2 is 1.71 bits per heavy atom. The Bertz CT molecular complexity index is 685. The predicted molar refractivity (Wildman–Crippen MR) is 87.9 cm³/mol. The second kappa shape index (κ2) is 5.13. The molecule has 21 heavy (non-hydrogen) atoms. The van der Waals surface area contributed by atoms with Crippen molar-refractivity contribution in [1.82, 2.24) is 4.90 Å². The van der Waals surface area contributed by atoms with E-state index in [1.54, 1.807) is 0 Å². The van der Waals surface area contributed by atoms with Gasteiger partial charge in [0.15, 0.2) is 5.72 Å². The molecule has 0 aromatic heterocycles. The number of halogens is 1. The fourth-order valence-corrected chi connectivity index (χ4v) is 3.90. The minimum absolute atomic E-state index is 0. The summed E-state index contributed by atoms with van der Waals surface area (Å²) >= 11 is 0. The van der Waals surface area contributed by atoms with Crippen LogP contribution in [0.1, 0.15) is 16.7 Å². The van der Waals surface area contributed by atoms with Gasteiger partial charge < -0.3 is 4.74 Å². The monoisotopic (exact) mass is 301 g/mol. The lowest BCUT2D eigenvalue weighted by atomic mass is 9.75. The Balaban J connectivity index is 0.00000132. The first-order valence-corrected chi connectivity index (χ1v) is 7.23. The van der Waals surface area contributed by atoms with Gasteiger partial charge in [-0.1, -0.05) is 42.5 Å². The number of hydrogen-bond acceptors (Lipinski definition) is 2. The molecule has 1 aliphatic heterocycles. The van der Waals surface area contributed by atoms with Gasteiger partial charge in [0.05, 0.1) is 0 Å². The Morgan fingerprint density at radius 1 is 1.00 bits per heavy atom. The molecule has 2 aromatic carbocycles. The highest BCUT2D eigenvalue weighted by molar-refractivity contribution is 5.85. The van der Waals surface area contributed by atoms with Gasteiger partial charge in [0, 0.05) is 25.6 Å². The molecule has 3 heteroatoms. The number of ether oxygens (including phenoxy) is 1. The molecule has 0 saturated carbocycles. The average molecular weight is 302 g/mol. The highest BCUT2D eigenvalue weighted by atomic mass is 35.5. The van der Waals surface area contributed by atoms with Crippen LogP contribution in [0, 0.1) is 0 Å². The largest absolute Gasteiger partial charge is 0.359 e. The zero-order valence-electron chi connectivity index (χ0n) is 12.4. The van der Waals surface area contributed by atoms with Gasteiger partial charge in [-0.15, -0.1) is 12.4 Å². The first-order chi connectivity index (χ1) is 9.76. The summed E-state index contributed by atoms with van der Waals surface area (Å²) in [6.45, 7) is 1.05. The summed E-state index contributed by atoms with van der Waals surface area (Å²) in [4.78, 5) is 2.37. The summed E-state index contributed by atoms with van der Waals surface area (Å²) in [7, 11) is 4.02. The summed E-state index contributed by atoms with van der Waals surface area (Å²) in [5.41, 5.74) is 6.63. The van der Waals surface area contributed by atoms with Crippen LogP contribution in [0.25, 0.3) is 11.1 Å². The molecule has 1 atom stereocenters. The van der Waals surface area contributed by atoms with E-state index in [1.807, 2.05) is 7.11 Å². The number of benzene rings is 2. The van der Waals surface area contributed by atoms with Crippen molar-refractivity contribution in [1.29, 1.82) is 0 Å². The number of likely N-dealkylation sites (N-methyl/N-ethyl adjacent to an activating group) is 1. The van der Waals surface area contributed by atoms with Crippen molar-refractivity contribution < 1.29 is 4.74 Å². The number of rotatable bonds is 1. The first-order valence-electron chi connectivity index (χ1n) is 7.23. The zero-order chi connectivity index (χ0) is 13.7. The molecule has 0 spiro atoms. The van der Waals surface area contributed by atoms with E-state index in [4.69, 9.17) is 4.74 Å². The Labute approximate surface area is 132 Å². The van der Waals surface area contributed by atoms with E-state index in [1.165, 1.54) is 27.8 Å². The van der Waals surface area contributed by atoms with Crippen molar-refractivity contribution >= 4 is 12.4 Å². The molecule has 0 N–H and O–H groups in total. The van der Waals surface area contributed by atoms with E-state index in [-0.39, 0.29) is 18.1 Å². The second-order valence-electron chi connectivity index (χ2n) is 5.83. The molecule has 0 amide bonds. The van der Waals surface area contributed by atoms with E-state index in [0.717, 1.165) is 19.4 Å². The third kappa shape index (κ3) is 1.87. The topological polar surface area (TPSA) is 12.5 Å². The minimum Gasteiger partial charge on any atom is -0.359 e. The maximum atomic E-state index is 6.08. The van der Waals surface area contributed by atoms with Crippen molar-refractivity contribution in [3.05, 3.63) is 59.2 Å². The third-order valence-corrected chi connectivity index (χ3v) is 4.95. The van der Waals surface area contributed by atoms with Crippen LogP contribution in [-0.2, 0) is 23.3 Å². The van der Waals surface area contributed by atoms with Gasteiger partial charge in [0.25, 0.3) is 0 Å². The maximum absolute atomic E-state index is 6.08. The first kappa shape index (κ1) is 14.6. The summed E-state index contributed by atoms with van der Waals surface area (Å²) in [5.74, 6) is 0. The van der Waals surface area contributed by atoms with Crippen LogP contribution < -0.4 is 0 Å². The number of hydrogen-bond donors (Lipinski definition) is 0. The third-order valence-electron chi connectivity index (χ3n) is 4.95. The highest BCUT2D eigenvalue weighted by Gasteiger charge is 2.45. The van der Waals surface area contributed by atoms with Gasteiger partial charge >= 0.3 is 0 Å². The predicted octanol–water partition coefficient (Wildman–Crippen LogP) is 3.62. The van der Waals surface area contributed by atoms with Crippen LogP contribution in [0.2, 0.25) is 0 Å². The molecule has 1 heterocycles. The molecule has 1 aliphatic carbocycles. The molecular formula is C18H20ClNO. The highest BCUT2D eigenvalue weighted by Crippen LogP contribution is 2.48. The standard InChI is InChI=1S/C18H19NO.ClH/c1-19-11-10-13-7-5-9-16-15-8-4-3-6-14(15)12-18(19,20-2)17(13)16;/h3-9H,10-12H2,1-2H3;1H. The van der Waals surface area contributed by atoms with Gasteiger partial charge in [0.2, 0.25) is 0 Å². The molecule has 110 valence electrons. The smallest absolute Gasteiger partial charge is 0.152 e. The maximum Gasteiger partial charge on any atom is 0.152 e. The molecular weight excluding hydrogens is 282 g/mol. The van der Waals surface area contributed by atoms with E-state index >= 15 is 0 Å². The SMILES string of the molecule is COC12Cc3ccccc3-c3cccc(c31)CCN2C.Cl. The van der Waals surface area contributed by atoms with Crippen molar-refractivity contribution in [3.8, 4) is 11.1 Å². The van der Waals surface area contributed by atoms with Crippen LogP contribution >= 0.6 is 12.4 Å². The van der Waals surface area contributed by atoms with E-state index in [2.05, 4.69) is 54.4 Å². The molecule has 0 bridgehead atoms. The number of fused-ring (bicyclic) bond motifs is 2. The van der Waals surface area contributed by atoms with Crippen LogP contribution in [0.4, 0.5) is 0 Å². The summed E-state index contributed by atoms with van der Waals surface area (Å²) < 4.78 is 6.08. The van der Waals surface area contributed by atoms with Crippen LogP contribution in [-0.4, -0.2) is 25.6 Å². The summed E-state index contributed by atoms with van der Waals surface area (Å²) in [6, 6.07) is 15.4. The lowest BCUT2D eigenvalue weighted by Gasteiger charge is -2.49. The Hall–Kier alpha value is -1.35.